The average Bonchev–Trinajstić information content (AvgIpc) is 2.87. The fourth-order valence-electron chi connectivity index (χ4n) is 4.73. The van der Waals surface area contributed by atoms with Gasteiger partial charge in [-0.3, -0.25) is 9.35 Å². The SMILES string of the molecule is O=C(OCCOC(=O)C(F)(F)S(=O)(=O)O)C12CC3CC(CC1C3)C2. The fraction of sp³-hybridized carbons (Fsp3) is 0.857. The Kier molecular flexibility index (Phi) is 4.10. The molecule has 4 rings (SSSR count). The van der Waals surface area contributed by atoms with Crippen LogP contribution >= 0.6 is 0 Å². The highest BCUT2D eigenvalue weighted by Crippen LogP contribution is 2.65. The third kappa shape index (κ3) is 2.69. The first-order valence-electron chi connectivity index (χ1n) is 7.75. The molecule has 0 aromatic rings. The van der Waals surface area contributed by atoms with Crippen molar-refractivity contribution in [2.45, 2.75) is 37.4 Å². The number of ether oxygens (including phenoxy) is 2. The Hall–Kier alpha value is -1.29. The molecule has 0 aromatic heterocycles. The van der Waals surface area contributed by atoms with Crippen molar-refractivity contribution in [2.75, 3.05) is 13.2 Å². The molecule has 2 atom stereocenters. The van der Waals surface area contributed by atoms with E-state index < -0.39 is 45.9 Å². The molecule has 0 radical (unpaired) electrons. The van der Waals surface area contributed by atoms with E-state index in [1.165, 1.54) is 0 Å². The number of alkyl halides is 2. The minimum absolute atomic E-state index is 0.306. The summed E-state index contributed by atoms with van der Waals surface area (Å²) in [4.78, 5) is 23.4. The van der Waals surface area contributed by atoms with Crippen LogP contribution in [0.3, 0.4) is 0 Å². The van der Waals surface area contributed by atoms with Crippen LogP contribution in [-0.2, 0) is 29.2 Å². The number of rotatable bonds is 6. The molecular formula is C14H18F2O7S. The van der Waals surface area contributed by atoms with Gasteiger partial charge in [-0.15, -0.1) is 0 Å². The van der Waals surface area contributed by atoms with E-state index in [-0.39, 0.29) is 0 Å². The molecule has 4 saturated carbocycles. The van der Waals surface area contributed by atoms with Gasteiger partial charge >= 0.3 is 27.3 Å². The van der Waals surface area contributed by atoms with Crippen LogP contribution in [0.5, 0.6) is 0 Å². The molecule has 10 heteroatoms. The Bertz CT molecular complexity index is 646. The predicted molar refractivity (Wildman–Crippen MR) is 74.4 cm³/mol. The topological polar surface area (TPSA) is 107 Å². The molecule has 4 fully saturated rings. The standard InChI is InChI=1S/C14H18F2O7S/c15-14(16,24(19,20)21)12(18)23-2-1-22-11(17)13-6-8-3-9(7-13)5-10(13)4-8/h8-10H,1-7H2,(H,19,20,21). The maximum absolute atomic E-state index is 13.0. The third-order valence-corrected chi connectivity index (χ3v) is 6.32. The molecule has 136 valence electrons. The lowest BCUT2D eigenvalue weighted by atomic mass is 9.75. The van der Waals surface area contributed by atoms with E-state index in [2.05, 4.69) is 4.74 Å². The molecular weight excluding hydrogens is 350 g/mol. The molecule has 0 spiro atoms. The van der Waals surface area contributed by atoms with Crippen LogP contribution in [0, 0.1) is 23.2 Å². The molecule has 0 aliphatic heterocycles. The Morgan fingerprint density at radius 2 is 1.62 bits per heavy atom. The Labute approximate surface area is 137 Å². The summed E-state index contributed by atoms with van der Waals surface area (Å²) >= 11 is 0. The second-order valence-electron chi connectivity index (χ2n) is 6.96. The highest BCUT2D eigenvalue weighted by molar-refractivity contribution is 7.87. The van der Waals surface area contributed by atoms with E-state index in [1.54, 1.807) is 0 Å². The second kappa shape index (κ2) is 5.62. The Morgan fingerprint density at radius 3 is 2.17 bits per heavy atom. The summed E-state index contributed by atoms with van der Waals surface area (Å²) < 4.78 is 64.1. The highest BCUT2D eigenvalue weighted by atomic mass is 32.2. The number of hydrogen-bond donors (Lipinski definition) is 1. The normalized spacial score (nSPS) is 34.4. The van der Waals surface area contributed by atoms with E-state index in [9.17, 15) is 26.8 Å². The van der Waals surface area contributed by atoms with Gasteiger partial charge in [0.2, 0.25) is 0 Å². The molecule has 7 nitrogen and oxygen atoms in total. The molecule has 1 N–H and O–H groups in total. The third-order valence-electron chi connectivity index (χ3n) is 5.51. The number of halogens is 2. The minimum Gasteiger partial charge on any atom is -0.462 e. The molecule has 0 saturated heterocycles. The molecule has 2 unspecified atom stereocenters. The molecule has 24 heavy (non-hydrogen) atoms. The maximum atomic E-state index is 13.0. The quantitative estimate of drug-likeness (QED) is 0.429. The first kappa shape index (κ1) is 17.5. The summed E-state index contributed by atoms with van der Waals surface area (Å²) in [6, 6.07) is 0. The van der Waals surface area contributed by atoms with Crippen molar-refractivity contribution in [3.63, 3.8) is 0 Å². The lowest BCUT2D eigenvalue weighted by Gasteiger charge is -2.30. The van der Waals surface area contributed by atoms with Crippen LogP contribution in [0.25, 0.3) is 0 Å². The van der Waals surface area contributed by atoms with Gasteiger partial charge in [0, 0.05) is 0 Å². The van der Waals surface area contributed by atoms with Crippen LogP contribution in [0.15, 0.2) is 0 Å². The predicted octanol–water partition coefficient (Wildman–Crippen LogP) is 1.38. The number of carbonyl (C=O) groups is 2. The minimum atomic E-state index is -5.90. The van der Waals surface area contributed by atoms with Crippen LogP contribution in [0.1, 0.15) is 32.1 Å². The number of carbonyl (C=O) groups excluding carboxylic acids is 2. The van der Waals surface area contributed by atoms with Crippen molar-refractivity contribution >= 4 is 22.1 Å². The summed E-state index contributed by atoms with van der Waals surface area (Å²) in [6.45, 7) is -1.14. The number of esters is 2. The van der Waals surface area contributed by atoms with Crippen molar-refractivity contribution in [3.05, 3.63) is 0 Å². The monoisotopic (exact) mass is 368 g/mol. The molecule has 0 amide bonds. The summed E-state index contributed by atoms with van der Waals surface area (Å²) in [5, 5.41) is -5.04. The van der Waals surface area contributed by atoms with Crippen molar-refractivity contribution in [1.82, 2.24) is 0 Å². The van der Waals surface area contributed by atoms with Gasteiger partial charge in [0.1, 0.15) is 13.2 Å². The largest absolute Gasteiger partial charge is 0.465 e. The van der Waals surface area contributed by atoms with Crippen molar-refractivity contribution in [1.29, 1.82) is 0 Å². The zero-order valence-electron chi connectivity index (χ0n) is 12.7. The van der Waals surface area contributed by atoms with Crippen LogP contribution in [0.2, 0.25) is 0 Å². The van der Waals surface area contributed by atoms with E-state index >= 15 is 0 Å². The van der Waals surface area contributed by atoms with Gasteiger partial charge in [-0.1, -0.05) is 0 Å². The average molecular weight is 368 g/mol. The molecule has 4 bridgehead atoms. The fourth-order valence-corrected chi connectivity index (χ4v) is 5.00. The first-order chi connectivity index (χ1) is 11.1. The van der Waals surface area contributed by atoms with Gasteiger partial charge < -0.3 is 9.47 Å². The Morgan fingerprint density at radius 1 is 1.08 bits per heavy atom. The van der Waals surface area contributed by atoms with E-state index in [1.807, 2.05) is 0 Å². The zero-order valence-corrected chi connectivity index (χ0v) is 13.6. The number of hydrogen-bond acceptors (Lipinski definition) is 6. The van der Waals surface area contributed by atoms with E-state index in [0.29, 0.717) is 17.8 Å². The summed E-state index contributed by atoms with van der Waals surface area (Å²) in [5.41, 5.74) is -0.490. The van der Waals surface area contributed by atoms with Gasteiger partial charge in [0.15, 0.2) is 0 Å². The van der Waals surface area contributed by atoms with Gasteiger partial charge in [-0.05, 0) is 49.9 Å². The van der Waals surface area contributed by atoms with Gasteiger partial charge in [-0.25, -0.2) is 4.79 Å². The summed E-state index contributed by atoms with van der Waals surface area (Å²) in [7, 11) is -5.90. The lowest BCUT2D eigenvalue weighted by molar-refractivity contribution is -0.168. The van der Waals surface area contributed by atoms with Crippen LogP contribution in [0.4, 0.5) is 8.78 Å². The maximum Gasteiger partial charge on any atom is 0.465 e. The highest BCUT2D eigenvalue weighted by Gasteiger charge is 2.62. The van der Waals surface area contributed by atoms with E-state index in [0.717, 1.165) is 32.1 Å². The lowest BCUT2D eigenvalue weighted by Crippen LogP contribution is -2.39. The first-order valence-corrected chi connectivity index (χ1v) is 9.19. The smallest absolute Gasteiger partial charge is 0.462 e. The van der Waals surface area contributed by atoms with Crippen molar-refractivity contribution in [3.8, 4) is 0 Å². The molecule has 0 heterocycles. The molecule has 0 aromatic carbocycles. The zero-order chi connectivity index (χ0) is 17.8. The summed E-state index contributed by atoms with van der Waals surface area (Å²) in [5.74, 6) is -1.40. The van der Waals surface area contributed by atoms with Crippen LogP contribution < -0.4 is 0 Å². The van der Waals surface area contributed by atoms with Crippen molar-refractivity contribution < 1.29 is 40.8 Å². The Balaban J connectivity index is 1.48. The van der Waals surface area contributed by atoms with Crippen molar-refractivity contribution in [2.24, 2.45) is 23.2 Å². The molecule has 4 aliphatic rings. The van der Waals surface area contributed by atoms with E-state index in [4.69, 9.17) is 9.29 Å². The van der Waals surface area contributed by atoms with Crippen LogP contribution in [-0.4, -0.2) is 43.4 Å². The molecule has 4 aliphatic carbocycles. The van der Waals surface area contributed by atoms with Gasteiger partial charge in [0.05, 0.1) is 5.41 Å². The second-order valence-corrected chi connectivity index (χ2v) is 8.43. The summed E-state index contributed by atoms with van der Waals surface area (Å²) in [6.07, 6.45) is 4.75. The van der Waals surface area contributed by atoms with Gasteiger partial charge in [0.25, 0.3) is 0 Å². The van der Waals surface area contributed by atoms with Gasteiger partial charge in [-0.2, -0.15) is 17.2 Å².